The smallest absolute Gasteiger partial charge is 0.226 e. The Morgan fingerprint density at radius 3 is 2.67 bits per heavy atom. The van der Waals surface area contributed by atoms with Crippen molar-refractivity contribution in [2.24, 2.45) is 11.8 Å². The van der Waals surface area contributed by atoms with Crippen LogP contribution in [0.15, 0.2) is 24.3 Å². The molecule has 4 nitrogen and oxygen atoms in total. The highest BCUT2D eigenvalue weighted by molar-refractivity contribution is 5.79. The number of hydrogen-bond donors (Lipinski definition) is 2. The molecule has 4 heteroatoms. The summed E-state index contributed by atoms with van der Waals surface area (Å²) in [4.78, 5) is 14.8. The molecule has 1 aliphatic carbocycles. The zero-order chi connectivity index (χ0) is 14.7. The number of piperidine rings is 1. The molecule has 1 aromatic rings. The van der Waals surface area contributed by atoms with E-state index in [1.165, 1.54) is 12.8 Å². The first-order valence-corrected chi connectivity index (χ1v) is 8.00. The number of nitrogens with one attached hydrogen (secondary N) is 1. The Bertz CT molecular complexity index is 493. The van der Waals surface area contributed by atoms with E-state index in [9.17, 15) is 9.90 Å². The topological polar surface area (TPSA) is 52.6 Å². The highest BCUT2D eigenvalue weighted by Gasteiger charge is 2.31. The zero-order valence-electron chi connectivity index (χ0n) is 12.4. The minimum Gasteiger partial charge on any atom is -0.508 e. The van der Waals surface area contributed by atoms with Crippen LogP contribution in [0.1, 0.15) is 31.2 Å². The molecule has 2 N–H and O–H groups in total. The van der Waals surface area contributed by atoms with Crippen molar-refractivity contribution < 1.29 is 9.90 Å². The molecule has 0 aromatic heterocycles. The number of rotatable bonds is 5. The van der Waals surface area contributed by atoms with Crippen LogP contribution in [-0.2, 0) is 11.3 Å². The summed E-state index contributed by atoms with van der Waals surface area (Å²) >= 11 is 0. The van der Waals surface area contributed by atoms with Crippen molar-refractivity contribution in [1.82, 2.24) is 10.2 Å². The average Bonchev–Trinajstić information content (AvgIpc) is 3.31. The number of phenolic OH excluding ortho intramolecular Hbond substituents is 1. The van der Waals surface area contributed by atoms with Gasteiger partial charge < -0.3 is 15.3 Å². The van der Waals surface area contributed by atoms with Gasteiger partial charge in [0.05, 0.1) is 0 Å². The quantitative estimate of drug-likeness (QED) is 0.872. The largest absolute Gasteiger partial charge is 0.508 e. The Labute approximate surface area is 126 Å². The van der Waals surface area contributed by atoms with Gasteiger partial charge >= 0.3 is 0 Å². The van der Waals surface area contributed by atoms with Gasteiger partial charge in [0, 0.05) is 19.0 Å². The van der Waals surface area contributed by atoms with Gasteiger partial charge in [-0.3, -0.25) is 4.79 Å². The third-order valence-electron chi connectivity index (χ3n) is 4.46. The number of carbonyl (C=O) groups is 1. The third-order valence-corrected chi connectivity index (χ3v) is 4.46. The number of phenols is 1. The van der Waals surface area contributed by atoms with E-state index in [0.29, 0.717) is 18.4 Å². The lowest BCUT2D eigenvalue weighted by Gasteiger charge is -2.30. The predicted octanol–water partition coefficient (Wildman–Crippen LogP) is 2.13. The first-order valence-electron chi connectivity index (χ1n) is 8.00. The minimum absolute atomic E-state index is 0.169. The van der Waals surface area contributed by atoms with Gasteiger partial charge in [-0.15, -0.1) is 0 Å². The Balaban J connectivity index is 1.68. The molecule has 2 aliphatic rings. The first kappa shape index (κ1) is 14.4. The van der Waals surface area contributed by atoms with Crippen LogP contribution in [0.2, 0.25) is 0 Å². The van der Waals surface area contributed by atoms with Crippen molar-refractivity contribution >= 4 is 5.91 Å². The monoisotopic (exact) mass is 288 g/mol. The summed E-state index contributed by atoms with van der Waals surface area (Å²) in [7, 11) is 0. The Morgan fingerprint density at radius 2 is 2.00 bits per heavy atom. The molecule has 0 bridgehead atoms. The lowest BCUT2D eigenvalue weighted by molar-refractivity contribution is -0.137. The highest BCUT2D eigenvalue weighted by atomic mass is 16.3. The van der Waals surface area contributed by atoms with Crippen LogP contribution >= 0.6 is 0 Å². The predicted molar refractivity (Wildman–Crippen MR) is 81.8 cm³/mol. The summed E-state index contributed by atoms with van der Waals surface area (Å²) in [6.07, 6.45) is 4.38. The van der Waals surface area contributed by atoms with Crippen molar-refractivity contribution in [1.29, 1.82) is 0 Å². The van der Waals surface area contributed by atoms with E-state index in [1.54, 1.807) is 12.1 Å². The van der Waals surface area contributed by atoms with Crippen LogP contribution in [0.5, 0.6) is 5.75 Å². The van der Waals surface area contributed by atoms with Crippen LogP contribution in [0.4, 0.5) is 0 Å². The molecule has 1 aliphatic heterocycles. The summed E-state index contributed by atoms with van der Waals surface area (Å²) in [6, 6.07) is 7.25. The SMILES string of the molecule is O=C(C1CCNCC1)N(Cc1cccc(O)c1)CC1CC1. The first-order chi connectivity index (χ1) is 10.2. The van der Waals surface area contributed by atoms with Crippen LogP contribution < -0.4 is 5.32 Å². The Morgan fingerprint density at radius 1 is 1.24 bits per heavy atom. The fourth-order valence-electron chi connectivity index (χ4n) is 3.05. The highest BCUT2D eigenvalue weighted by Crippen LogP contribution is 2.31. The lowest BCUT2D eigenvalue weighted by atomic mass is 9.96. The summed E-state index contributed by atoms with van der Waals surface area (Å²) in [5.41, 5.74) is 1.01. The molecule has 114 valence electrons. The Hall–Kier alpha value is -1.55. The molecular weight excluding hydrogens is 264 g/mol. The van der Waals surface area contributed by atoms with Crippen molar-refractivity contribution in [2.75, 3.05) is 19.6 Å². The van der Waals surface area contributed by atoms with Gasteiger partial charge in [0.15, 0.2) is 0 Å². The molecule has 1 saturated carbocycles. The summed E-state index contributed by atoms with van der Waals surface area (Å²) in [5.74, 6) is 1.43. The standard InChI is InChI=1S/C17H24N2O2/c20-16-3-1-2-14(10-16)12-19(11-13-4-5-13)17(21)15-6-8-18-9-7-15/h1-3,10,13,15,18,20H,4-9,11-12H2. The molecule has 1 heterocycles. The molecule has 2 fully saturated rings. The maximum Gasteiger partial charge on any atom is 0.226 e. The van der Waals surface area contributed by atoms with Crippen molar-refractivity contribution in [2.45, 2.75) is 32.2 Å². The van der Waals surface area contributed by atoms with Gasteiger partial charge in [-0.2, -0.15) is 0 Å². The normalized spacial score (nSPS) is 19.4. The van der Waals surface area contributed by atoms with Crippen molar-refractivity contribution in [3.8, 4) is 5.75 Å². The molecule has 3 rings (SSSR count). The van der Waals surface area contributed by atoms with Gasteiger partial charge in [0.2, 0.25) is 5.91 Å². The summed E-state index contributed by atoms with van der Waals surface area (Å²) in [6.45, 7) is 3.38. The molecule has 0 atom stereocenters. The maximum absolute atomic E-state index is 12.8. The van der Waals surface area contributed by atoms with Crippen LogP contribution in [0.3, 0.4) is 0 Å². The molecule has 1 aromatic carbocycles. The number of aromatic hydroxyl groups is 1. The second-order valence-corrected chi connectivity index (χ2v) is 6.36. The van der Waals surface area contributed by atoms with Crippen LogP contribution in [0, 0.1) is 11.8 Å². The lowest BCUT2D eigenvalue weighted by Crippen LogP contribution is -2.41. The van der Waals surface area contributed by atoms with Gasteiger partial charge in [-0.25, -0.2) is 0 Å². The molecule has 0 radical (unpaired) electrons. The molecule has 1 saturated heterocycles. The molecular formula is C17H24N2O2. The Kier molecular flexibility index (Phi) is 4.44. The third kappa shape index (κ3) is 3.97. The van der Waals surface area contributed by atoms with E-state index < -0.39 is 0 Å². The molecule has 0 spiro atoms. The molecule has 21 heavy (non-hydrogen) atoms. The fourth-order valence-corrected chi connectivity index (χ4v) is 3.05. The molecule has 1 amide bonds. The molecule has 0 unspecified atom stereocenters. The van der Waals surface area contributed by atoms with E-state index >= 15 is 0 Å². The van der Waals surface area contributed by atoms with Gasteiger partial charge in [-0.1, -0.05) is 12.1 Å². The average molecular weight is 288 g/mol. The maximum atomic E-state index is 12.8. The number of benzene rings is 1. The van der Waals surface area contributed by atoms with Crippen LogP contribution in [0.25, 0.3) is 0 Å². The van der Waals surface area contributed by atoms with Crippen molar-refractivity contribution in [3.63, 3.8) is 0 Å². The van der Waals surface area contributed by atoms with Gasteiger partial charge in [0.1, 0.15) is 5.75 Å². The van der Waals surface area contributed by atoms with E-state index in [4.69, 9.17) is 0 Å². The fraction of sp³-hybridized carbons (Fsp3) is 0.588. The number of hydrogen-bond acceptors (Lipinski definition) is 3. The van der Waals surface area contributed by atoms with Crippen LogP contribution in [-0.4, -0.2) is 35.5 Å². The van der Waals surface area contributed by atoms with Gasteiger partial charge in [-0.05, 0) is 62.4 Å². The number of carbonyl (C=O) groups excluding carboxylic acids is 1. The van der Waals surface area contributed by atoms with E-state index in [1.807, 2.05) is 17.0 Å². The number of nitrogens with zero attached hydrogens (tertiary/aromatic N) is 1. The van der Waals surface area contributed by atoms with E-state index in [2.05, 4.69) is 5.32 Å². The number of amides is 1. The second kappa shape index (κ2) is 6.48. The minimum atomic E-state index is 0.169. The van der Waals surface area contributed by atoms with Crippen molar-refractivity contribution in [3.05, 3.63) is 29.8 Å². The van der Waals surface area contributed by atoms with E-state index in [0.717, 1.165) is 38.0 Å². The summed E-state index contributed by atoms with van der Waals surface area (Å²) < 4.78 is 0. The van der Waals surface area contributed by atoms with Gasteiger partial charge in [0.25, 0.3) is 0 Å². The zero-order valence-corrected chi connectivity index (χ0v) is 12.4. The second-order valence-electron chi connectivity index (χ2n) is 6.36. The van der Waals surface area contributed by atoms with E-state index in [-0.39, 0.29) is 11.7 Å². The summed E-state index contributed by atoms with van der Waals surface area (Å²) in [5, 5.41) is 12.9.